The number of carboxylic acid groups (broad SMARTS) is 3. The average Bonchev–Trinajstić information content (AvgIpc) is 3.52. The van der Waals surface area contributed by atoms with Gasteiger partial charge in [0.05, 0.1) is 13.0 Å². The number of carbonyl (C=O) groups excluding carboxylic acids is 3. The molecule has 42 heavy (non-hydrogen) atoms. The number of thioether (sulfide) groups is 1. The van der Waals surface area contributed by atoms with E-state index in [1.807, 2.05) is 0 Å². The summed E-state index contributed by atoms with van der Waals surface area (Å²) in [6.45, 7) is 3.16. The monoisotopic (exact) mass is 668 g/mol. The Hall–Kier alpha value is 0.00636. The van der Waals surface area contributed by atoms with Crippen LogP contribution in [-0.4, -0.2) is 217 Å². The van der Waals surface area contributed by atoms with Crippen LogP contribution in [0.2, 0.25) is 0 Å². The van der Waals surface area contributed by atoms with Crippen LogP contribution in [0.5, 0.6) is 0 Å². The number of ether oxygens (including phenoxy) is 1. The maximum Gasteiger partial charge on any atom is 0.334 e. The summed E-state index contributed by atoms with van der Waals surface area (Å²) in [6.07, 6.45) is 1.03. The van der Waals surface area contributed by atoms with E-state index in [-0.39, 0.29) is 135 Å². The number of hydrogen-bond donors (Lipinski definition) is 5. The number of thiophene rings is 1. The average molecular weight is 669 g/mol. The molecule has 4 aliphatic heterocycles. The molecule has 19 heteroatoms. The summed E-state index contributed by atoms with van der Waals surface area (Å²) in [5.74, 6) is -6.30. The van der Waals surface area contributed by atoms with Crippen LogP contribution in [0.1, 0.15) is 31.7 Å². The van der Waals surface area contributed by atoms with Crippen LogP contribution >= 0.6 is 23.1 Å². The summed E-state index contributed by atoms with van der Waals surface area (Å²) in [5.41, 5.74) is 0.349. The molecule has 213 valence electrons. The molecule has 3 amide bonds. The van der Waals surface area contributed by atoms with Crippen molar-refractivity contribution in [3.63, 3.8) is 0 Å². The van der Waals surface area contributed by atoms with Crippen molar-refractivity contribution in [1.82, 2.24) is 15.1 Å². The zero-order valence-corrected chi connectivity index (χ0v) is 32.3. The molecule has 5 N–H and O–H groups in total. The molecule has 1 aromatic rings. The zero-order chi connectivity index (χ0) is 28.8. The number of carbonyl (C=O) groups is 6. The van der Waals surface area contributed by atoms with Crippen LogP contribution in [0.4, 0.5) is 0 Å². The quantitative estimate of drug-likeness (QED) is 0.125. The second-order valence-corrected chi connectivity index (χ2v) is 12.1. The van der Waals surface area contributed by atoms with Crippen molar-refractivity contribution in [2.45, 2.75) is 60.7 Å². The van der Waals surface area contributed by atoms with Gasteiger partial charge in [0, 0.05) is 115 Å². The maximum absolute atomic E-state index is 12.4. The van der Waals surface area contributed by atoms with Gasteiger partial charge in [-0.15, -0.1) is 11.8 Å². The molecule has 6 atom stereocenters. The van der Waals surface area contributed by atoms with E-state index in [9.17, 15) is 39.0 Å². The van der Waals surface area contributed by atoms with Gasteiger partial charge >= 0.3 is 17.9 Å². The predicted molar refractivity (Wildman–Crippen MR) is 151 cm³/mol. The van der Waals surface area contributed by atoms with E-state index in [1.54, 1.807) is 30.7 Å². The van der Waals surface area contributed by atoms with Crippen molar-refractivity contribution in [2.75, 3.05) is 6.61 Å². The van der Waals surface area contributed by atoms with Crippen molar-refractivity contribution < 1.29 is 53.9 Å². The van der Waals surface area contributed by atoms with Crippen LogP contribution in [0.3, 0.4) is 0 Å². The summed E-state index contributed by atoms with van der Waals surface area (Å²) in [6, 6.07) is -1.41. The molecular weight excluding hydrogens is 643 g/mol. The molecule has 0 aromatic carbocycles. The van der Waals surface area contributed by atoms with Crippen molar-refractivity contribution in [1.29, 1.82) is 0 Å². The Kier molecular flexibility index (Phi) is 15.3. The third-order valence-electron chi connectivity index (χ3n) is 6.65. The molecule has 0 spiro atoms. The topological polar surface area (TPSA) is 211 Å². The standard InChI is InChI=1S/C15H16N2O6S2.C8H9NO5.K.2Na/c1-15(2)9(14(22)23)17-11(19)8(12(17)25-15)16-10(18)7(13(20)21)6-3-4-24-5-6;10-2-1-4-7(8(12)13)9-5(11)3-6(9)14-4;;;/h3-5,7-9,12H,1-2H3,(H,16,18)(H,20,21)(H,22,23);1,6-7,10H,2-3H2,(H,12,13);;;/b;4-1-;;;/t7?,8-,9+,12-;6-,7-;;;/m11.../s1. The van der Waals surface area contributed by atoms with Gasteiger partial charge in [-0.2, -0.15) is 11.3 Å². The number of rotatable bonds is 7. The Balaban J connectivity index is 0.000000446. The van der Waals surface area contributed by atoms with Gasteiger partial charge in [-0.05, 0) is 42.3 Å². The Morgan fingerprint density at radius 3 is 2.26 bits per heavy atom. The Labute approximate surface area is 335 Å². The third kappa shape index (κ3) is 7.68. The van der Waals surface area contributed by atoms with E-state index in [1.165, 1.54) is 39.0 Å². The van der Waals surface area contributed by atoms with Gasteiger partial charge in [0.1, 0.15) is 23.2 Å². The van der Waals surface area contributed by atoms with E-state index in [4.69, 9.17) is 14.9 Å². The van der Waals surface area contributed by atoms with Crippen LogP contribution in [0.25, 0.3) is 0 Å². The largest absolute Gasteiger partial charge is 0.480 e. The minimum atomic E-state index is -1.40. The fourth-order valence-corrected chi connectivity index (χ4v) is 7.20. The molecular formula is C23H25KN3Na2O11S2. The van der Waals surface area contributed by atoms with Crippen molar-refractivity contribution in [2.24, 2.45) is 0 Å². The summed E-state index contributed by atoms with van der Waals surface area (Å²) in [7, 11) is 0. The molecule has 0 bridgehead atoms. The number of hydrogen-bond acceptors (Lipinski definition) is 10. The molecule has 4 fully saturated rings. The fraction of sp³-hybridized carbons (Fsp3) is 0.478. The van der Waals surface area contributed by atoms with Gasteiger partial charge < -0.3 is 35.4 Å². The molecule has 5 heterocycles. The molecule has 4 saturated heterocycles. The molecule has 3 radical (unpaired) electrons. The summed E-state index contributed by atoms with van der Waals surface area (Å²) in [4.78, 5) is 72.0. The molecule has 1 unspecified atom stereocenters. The SMILES string of the molecule is CC1(C)S[C@@H]2[C@H](NC(=O)C(C(=O)O)c3ccsc3)C(=O)N2[C@H]1C(=O)O.O=C(O)[C@H]1/C(=C/CO)O[C@@H]2CC(=O)N21.[K].[Na].[Na]. The van der Waals surface area contributed by atoms with E-state index >= 15 is 0 Å². The first-order valence-electron chi connectivity index (χ1n) is 11.6. The van der Waals surface area contributed by atoms with Crippen LogP contribution < -0.4 is 5.32 Å². The van der Waals surface area contributed by atoms with Crippen LogP contribution in [0.15, 0.2) is 28.7 Å². The molecule has 0 aliphatic carbocycles. The van der Waals surface area contributed by atoms with Gasteiger partial charge in [0.15, 0.2) is 18.2 Å². The molecule has 1 aromatic heterocycles. The third-order valence-corrected chi connectivity index (χ3v) is 8.93. The van der Waals surface area contributed by atoms with E-state index in [2.05, 4.69) is 5.32 Å². The zero-order valence-electron chi connectivity index (χ0n) is 23.5. The van der Waals surface area contributed by atoms with Gasteiger partial charge in [0.2, 0.25) is 17.7 Å². The Morgan fingerprint density at radius 1 is 1.14 bits per heavy atom. The first-order valence-corrected chi connectivity index (χ1v) is 13.4. The van der Waals surface area contributed by atoms with Gasteiger partial charge in [-0.25, -0.2) is 9.59 Å². The smallest absolute Gasteiger partial charge is 0.334 e. The number of nitrogens with one attached hydrogen (secondary N) is 1. The second kappa shape index (κ2) is 16.0. The van der Waals surface area contributed by atoms with Gasteiger partial charge in [-0.1, -0.05) is 0 Å². The van der Waals surface area contributed by atoms with Crippen LogP contribution in [-0.2, 0) is 33.5 Å². The Morgan fingerprint density at radius 2 is 1.79 bits per heavy atom. The summed E-state index contributed by atoms with van der Waals surface area (Å²) >= 11 is 2.56. The number of nitrogens with zero attached hydrogens (tertiary/aromatic N) is 2. The summed E-state index contributed by atoms with van der Waals surface area (Å²) in [5, 5.41) is 41.4. The number of fused-ring (bicyclic) bond motifs is 2. The van der Waals surface area contributed by atoms with E-state index in [0.717, 1.165) is 0 Å². The van der Waals surface area contributed by atoms with Gasteiger partial charge in [-0.3, -0.25) is 24.1 Å². The van der Waals surface area contributed by atoms with Crippen molar-refractivity contribution >= 4 is 169 Å². The number of aliphatic hydroxyl groups excluding tert-OH is 1. The maximum atomic E-state index is 12.4. The number of amides is 3. The number of carboxylic acids is 3. The van der Waals surface area contributed by atoms with Crippen LogP contribution in [0, 0.1) is 0 Å². The first-order chi connectivity index (χ1) is 18.3. The van der Waals surface area contributed by atoms with Crippen molar-refractivity contribution in [3.8, 4) is 0 Å². The molecule has 0 saturated carbocycles. The minimum absolute atomic E-state index is 0. The molecule has 14 nitrogen and oxygen atoms in total. The van der Waals surface area contributed by atoms with Crippen molar-refractivity contribution in [3.05, 3.63) is 34.2 Å². The second-order valence-electron chi connectivity index (χ2n) is 9.52. The summed E-state index contributed by atoms with van der Waals surface area (Å²) < 4.78 is 4.47. The number of aliphatic carboxylic acids is 3. The minimum Gasteiger partial charge on any atom is -0.480 e. The Bertz CT molecular complexity index is 1270. The molecule has 4 aliphatic rings. The normalized spacial score (nSPS) is 27.5. The number of aliphatic hydroxyl groups is 1. The van der Waals surface area contributed by atoms with E-state index < -0.39 is 70.1 Å². The fourth-order valence-electron chi connectivity index (χ4n) is 4.89. The number of β-lactam (4-membered cyclic amide) rings is 2. The van der Waals surface area contributed by atoms with Gasteiger partial charge in [0.25, 0.3) is 0 Å². The van der Waals surface area contributed by atoms with E-state index in [0.29, 0.717) is 5.56 Å². The first kappa shape index (κ1) is 40.0. The molecule has 5 rings (SSSR count). The predicted octanol–water partition coefficient (Wildman–Crippen LogP) is -1.69.